The molecule has 0 amide bonds. The van der Waals surface area contributed by atoms with Crippen molar-refractivity contribution in [2.24, 2.45) is 0 Å². The molecule has 0 spiro atoms. The lowest BCUT2D eigenvalue weighted by Gasteiger charge is -2.14. The van der Waals surface area contributed by atoms with Gasteiger partial charge in [-0.3, -0.25) is 0 Å². The van der Waals surface area contributed by atoms with Gasteiger partial charge in [0.05, 0.1) is 0 Å². The molecule has 0 saturated carbocycles. The van der Waals surface area contributed by atoms with Crippen molar-refractivity contribution < 1.29 is 4.70 Å². The van der Waals surface area contributed by atoms with Crippen LogP contribution in [-0.2, 0) is 12.8 Å². The lowest BCUT2D eigenvalue weighted by Crippen LogP contribution is -2.04. The predicted molar refractivity (Wildman–Crippen MR) is 170 cm³/mol. The van der Waals surface area contributed by atoms with Crippen LogP contribution in [0, 0.1) is 13.8 Å². The van der Waals surface area contributed by atoms with Gasteiger partial charge in [0.1, 0.15) is 0 Å². The molecule has 0 saturated heterocycles. The number of nitrogens with zero attached hydrogens (tertiary/aromatic N) is 2. The smallest absolute Gasteiger partial charge is 0.211 e. The van der Waals surface area contributed by atoms with Gasteiger partial charge in [0.25, 0.3) is 0 Å². The summed E-state index contributed by atoms with van der Waals surface area (Å²) in [5.41, 5.74) is 24.6. The molecule has 0 atom stereocenters. The summed E-state index contributed by atoms with van der Waals surface area (Å²) in [7, 11) is 0. The Morgan fingerprint density at radius 2 is 0.923 bits per heavy atom. The van der Waals surface area contributed by atoms with E-state index < -0.39 is 0 Å². The maximum atomic E-state index is 12.1. The maximum Gasteiger partial charge on any atom is 0.211 e. The van der Waals surface area contributed by atoms with Crippen molar-refractivity contribution in [3.05, 3.63) is 86.5 Å². The summed E-state index contributed by atoms with van der Waals surface area (Å²) in [5.74, 6) is 0. The predicted octanol–water partition coefficient (Wildman–Crippen LogP) is 11.7. The number of rotatable bonds is 17. The molecule has 1 aliphatic heterocycles. The highest BCUT2D eigenvalue weighted by Crippen LogP contribution is 2.45. The molecule has 0 N–H and O–H groups in total. The minimum absolute atomic E-state index is 1.02. The molecule has 39 heavy (non-hydrogen) atoms. The monoisotopic (exact) mass is 526 g/mol. The van der Waals surface area contributed by atoms with Gasteiger partial charge in [0.2, 0.25) is 11.4 Å². The largest absolute Gasteiger partial charge is 0.493 e. The highest BCUT2D eigenvalue weighted by Gasteiger charge is 2.35. The lowest BCUT2D eigenvalue weighted by molar-refractivity contribution is -0.345. The zero-order valence-electron chi connectivity index (χ0n) is 26.0. The summed E-state index contributed by atoms with van der Waals surface area (Å²) in [6, 6.07) is 13.9. The molecule has 2 heteroatoms. The molecule has 0 unspecified atom stereocenters. The minimum Gasteiger partial charge on any atom is -0.493 e. The van der Waals surface area contributed by atoms with Crippen molar-refractivity contribution in [1.82, 2.24) is 0 Å². The van der Waals surface area contributed by atoms with E-state index in [-0.39, 0.29) is 0 Å². The van der Waals surface area contributed by atoms with Crippen molar-refractivity contribution in [2.45, 2.75) is 138 Å². The Balaban J connectivity index is 2.19. The normalized spacial score (nSPS) is 13.7. The van der Waals surface area contributed by atoms with Crippen LogP contribution in [-0.4, -0.2) is 4.70 Å². The third kappa shape index (κ3) is 8.50. The second-order valence-electron chi connectivity index (χ2n) is 11.9. The zero-order valence-corrected chi connectivity index (χ0v) is 26.0. The Morgan fingerprint density at radius 1 is 0.487 bits per heavy atom. The van der Waals surface area contributed by atoms with Crippen LogP contribution in [0.15, 0.2) is 47.5 Å². The number of benzene rings is 2. The summed E-state index contributed by atoms with van der Waals surface area (Å²) in [6.07, 6.45) is 17.6. The van der Waals surface area contributed by atoms with Crippen molar-refractivity contribution in [3.8, 4) is 0 Å². The Hall–Kier alpha value is -2.48. The van der Waals surface area contributed by atoms with E-state index in [2.05, 4.69) is 77.9 Å². The first kappa shape index (κ1) is 31.1. The summed E-state index contributed by atoms with van der Waals surface area (Å²) in [6.45, 7) is 13.4. The average molecular weight is 527 g/mol. The van der Waals surface area contributed by atoms with Gasteiger partial charge >= 0.3 is 0 Å². The lowest BCUT2D eigenvalue weighted by atomic mass is 9.90. The molecule has 0 aliphatic carbocycles. The van der Waals surface area contributed by atoms with E-state index in [0.717, 1.165) is 49.1 Å². The van der Waals surface area contributed by atoms with Crippen LogP contribution in [0.5, 0.6) is 0 Å². The maximum absolute atomic E-state index is 12.1. The summed E-state index contributed by atoms with van der Waals surface area (Å²) in [5, 5.41) is 0. The van der Waals surface area contributed by atoms with E-state index >= 15 is 0 Å². The molecular formula is C37H54N2. The van der Waals surface area contributed by atoms with Gasteiger partial charge in [0, 0.05) is 22.3 Å². The minimum atomic E-state index is 1.02. The van der Waals surface area contributed by atoms with E-state index in [1.165, 1.54) is 103 Å². The Morgan fingerprint density at radius 3 is 1.41 bits per heavy atom. The molecule has 0 aromatic heterocycles. The number of hydrogen-bond acceptors (Lipinski definition) is 0. The molecule has 2 aromatic rings. The molecule has 1 heterocycles. The standard InChI is InChI=1S/C37H54N2/c1-7-11-15-17-21-35-34(20-16-12-8-2)36(32-23-28(5)22-29(6)24-32)39(38)37(35)33-26-30(18-13-9-3)25-31(27-33)19-14-10-4/h22-27H,7-21H2,1-6H3. The molecule has 3 rings (SSSR count). The molecule has 0 radical (unpaired) electrons. The van der Waals surface area contributed by atoms with Gasteiger partial charge in [-0.1, -0.05) is 95.9 Å². The average Bonchev–Trinajstić information content (AvgIpc) is 3.19. The third-order valence-corrected chi connectivity index (χ3v) is 8.13. The Bertz CT molecular complexity index is 1120. The number of unbranched alkanes of at least 4 members (excludes halogenated alkanes) is 7. The highest BCUT2D eigenvalue weighted by molar-refractivity contribution is 5.82. The first-order valence-electron chi connectivity index (χ1n) is 16.1. The van der Waals surface area contributed by atoms with Crippen molar-refractivity contribution in [3.63, 3.8) is 0 Å². The number of aryl methyl sites for hydroxylation is 4. The SMILES string of the molecule is CCCCCCC1=C(c2cc(CCCC)cc(CCCC)c2)[N+](=[N-])C(c2cc(C)cc(C)c2)=C1CCCCC. The molecular weight excluding hydrogens is 472 g/mol. The summed E-state index contributed by atoms with van der Waals surface area (Å²) >= 11 is 0. The van der Waals surface area contributed by atoms with Crippen LogP contribution < -0.4 is 0 Å². The summed E-state index contributed by atoms with van der Waals surface area (Å²) in [4.78, 5) is 0. The Kier molecular flexibility index (Phi) is 12.7. The topological polar surface area (TPSA) is 25.3 Å². The first-order valence-corrected chi connectivity index (χ1v) is 16.1. The molecule has 2 nitrogen and oxygen atoms in total. The molecule has 212 valence electrons. The second-order valence-corrected chi connectivity index (χ2v) is 11.9. The van der Waals surface area contributed by atoms with E-state index in [9.17, 15) is 5.53 Å². The summed E-state index contributed by atoms with van der Waals surface area (Å²) < 4.78 is 1.59. The first-order chi connectivity index (χ1) is 18.9. The van der Waals surface area contributed by atoms with Crippen LogP contribution >= 0.6 is 0 Å². The van der Waals surface area contributed by atoms with Crippen LogP contribution in [0.1, 0.15) is 145 Å². The Labute approximate surface area is 240 Å². The van der Waals surface area contributed by atoms with Gasteiger partial charge < -0.3 is 5.53 Å². The van der Waals surface area contributed by atoms with Gasteiger partial charge in [-0.2, -0.15) is 0 Å². The highest BCUT2D eigenvalue weighted by atomic mass is 15.2. The fourth-order valence-corrected chi connectivity index (χ4v) is 6.13. The fraction of sp³-hybridized carbons (Fsp3) is 0.568. The van der Waals surface area contributed by atoms with E-state index in [1.54, 1.807) is 4.70 Å². The van der Waals surface area contributed by atoms with Gasteiger partial charge in [-0.15, -0.1) is 0 Å². The van der Waals surface area contributed by atoms with Crippen LogP contribution in [0.3, 0.4) is 0 Å². The molecule has 0 fully saturated rings. The van der Waals surface area contributed by atoms with E-state index in [4.69, 9.17) is 0 Å². The fourth-order valence-electron chi connectivity index (χ4n) is 6.13. The van der Waals surface area contributed by atoms with Crippen molar-refractivity contribution in [2.75, 3.05) is 0 Å². The zero-order chi connectivity index (χ0) is 28.2. The van der Waals surface area contributed by atoms with Gasteiger partial charge in [-0.25, -0.2) is 4.70 Å². The van der Waals surface area contributed by atoms with Gasteiger partial charge in [-0.05, 0) is 101 Å². The third-order valence-electron chi connectivity index (χ3n) is 8.13. The number of allylic oxidation sites excluding steroid dienone is 2. The van der Waals surface area contributed by atoms with Crippen molar-refractivity contribution >= 4 is 11.4 Å². The van der Waals surface area contributed by atoms with E-state index in [0.29, 0.717) is 0 Å². The van der Waals surface area contributed by atoms with Gasteiger partial charge in [0.15, 0.2) is 0 Å². The van der Waals surface area contributed by atoms with E-state index in [1.807, 2.05) is 0 Å². The van der Waals surface area contributed by atoms with Crippen LogP contribution in [0.2, 0.25) is 0 Å². The second kappa shape index (κ2) is 15.9. The van der Waals surface area contributed by atoms with Crippen LogP contribution in [0.25, 0.3) is 16.9 Å². The molecule has 2 aromatic carbocycles. The molecule has 1 aliphatic rings. The molecule has 0 bridgehead atoms. The quantitative estimate of drug-likeness (QED) is 0.145. The van der Waals surface area contributed by atoms with Crippen LogP contribution in [0.4, 0.5) is 0 Å². The number of hydrogen-bond donors (Lipinski definition) is 0. The van der Waals surface area contributed by atoms with Crippen molar-refractivity contribution in [1.29, 1.82) is 0 Å².